The molecule has 1 aliphatic rings. The van der Waals surface area contributed by atoms with Crippen molar-refractivity contribution in [2.45, 2.75) is 20.4 Å². The van der Waals surface area contributed by atoms with E-state index in [1.807, 2.05) is 0 Å². The highest BCUT2D eigenvalue weighted by Crippen LogP contribution is 2.18. The number of H-pyrrole nitrogens is 1. The number of hydrogen-bond acceptors (Lipinski definition) is 3. The number of ether oxygens (including phenoxy) is 1. The molecule has 1 aliphatic heterocycles. The van der Waals surface area contributed by atoms with Crippen LogP contribution in [0.3, 0.4) is 0 Å². The van der Waals surface area contributed by atoms with Gasteiger partial charge in [0.1, 0.15) is 5.82 Å². The summed E-state index contributed by atoms with van der Waals surface area (Å²) in [5, 5.41) is 0. The largest absolute Gasteiger partial charge is 0.379 e. The lowest BCUT2D eigenvalue weighted by Gasteiger charge is -2.25. The van der Waals surface area contributed by atoms with E-state index in [4.69, 9.17) is 4.74 Å². The monoisotopic (exact) mass is 245 g/mol. The Morgan fingerprint density at radius 2 is 1.94 bits per heavy atom. The fourth-order valence-corrected chi connectivity index (χ4v) is 2.37. The lowest BCUT2D eigenvalue weighted by atomic mass is 10.1. The zero-order valence-electron chi connectivity index (χ0n) is 11.0. The normalized spacial score (nSPS) is 17.4. The Kier molecular flexibility index (Phi) is 3.06. The molecule has 18 heavy (non-hydrogen) atoms. The molecule has 4 heteroatoms. The maximum Gasteiger partial charge on any atom is 0.121 e. The van der Waals surface area contributed by atoms with Gasteiger partial charge in [0.15, 0.2) is 0 Å². The molecule has 0 bridgehead atoms. The molecule has 1 N–H and O–H groups in total. The maximum absolute atomic E-state index is 5.36. The molecular weight excluding hydrogens is 226 g/mol. The van der Waals surface area contributed by atoms with Crippen molar-refractivity contribution in [3.05, 3.63) is 29.1 Å². The van der Waals surface area contributed by atoms with E-state index >= 15 is 0 Å². The molecule has 1 saturated heterocycles. The first kappa shape index (κ1) is 11.7. The number of nitrogens with one attached hydrogen (secondary N) is 1. The predicted molar refractivity (Wildman–Crippen MR) is 71.7 cm³/mol. The van der Waals surface area contributed by atoms with Gasteiger partial charge in [-0.25, -0.2) is 4.98 Å². The minimum atomic E-state index is 0.832. The molecule has 1 aromatic carbocycles. The molecule has 0 atom stereocenters. The van der Waals surface area contributed by atoms with Gasteiger partial charge >= 0.3 is 0 Å². The van der Waals surface area contributed by atoms with Gasteiger partial charge in [-0.05, 0) is 37.1 Å². The molecule has 2 aromatic rings. The van der Waals surface area contributed by atoms with Gasteiger partial charge in [0.2, 0.25) is 0 Å². The summed E-state index contributed by atoms with van der Waals surface area (Å²) in [5.74, 6) is 1.05. The summed E-state index contributed by atoms with van der Waals surface area (Å²) in [6.07, 6.45) is 0. The quantitative estimate of drug-likeness (QED) is 0.880. The lowest BCUT2D eigenvalue weighted by Crippen LogP contribution is -2.35. The van der Waals surface area contributed by atoms with Crippen LogP contribution in [0.25, 0.3) is 11.0 Å². The highest BCUT2D eigenvalue weighted by Gasteiger charge is 2.13. The van der Waals surface area contributed by atoms with E-state index in [0.717, 1.165) is 49.7 Å². The number of aromatic nitrogens is 2. The van der Waals surface area contributed by atoms with Gasteiger partial charge in [0, 0.05) is 13.1 Å². The number of nitrogens with zero attached hydrogens (tertiary/aromatic N) is 2. The first-order valence-electron chi connectivity index (χ1n) is 6.48. The van der Waals surface area contributed by atoms with Crippen LogP contribution in [0.1, 0.15) is 17.0 Å². The topological polar surface area (TPSA) is 41.2 Å². The molecule has 0 radical (unpaired) electrons. The van der Waals surface area contributed by atoms with Crippen molar-refractivity contribution in [2.24, 2.45) is 0 Å². The van der Waals surface area contributed by atoms with Crippen LogP contribution >= 0.6 is 0 Å². The van der Waals surface area contributed by atoms with Crippen LogP contribution in [0, 0.1) is 13.8 Å². The fourth-order valence-electron chi connectivity index (χ4n) is 2.37. The van der Waals surface area contributed by atoms with Crippen LogP contribution in [0.5, 0.6) is 0 Å². The average Bonchev–Trinajstić information content (AvgIpc) is 2.72. The first-order chi connectivity index (χ1) is 8.72. The predicted octanol–water partition coefficient (Wildman–Crippen LogP) is 2.01. The van der Waals surface area contributed by atoms with Gasteiger partial charge in [-0.3, -0.25) is 4.90 Å². The minimum absolute atomic E-state index is 0.832. The molecule has 1 fully saturated rings. The molecule has 1 aromatic heterocycles. The number of morpholine rings is 1. The second kappa shape index (κ2) is 4.71. The summed E-state index contributed by atoms with van der Waals surface area (Å²) in [6.45, 7) is 8.81. The zero-order chi connectivity index (χ0) is 12.5. The van der Waals surface area contributed by atoms with E-state index in [0.29, 0.717) is 0 Å². The Morgan fingerprint density at radius 1 is 1.22 bits per heavy atom. The van der Waals surface area contributed by atoms with Gasteiger partial charge in [-0.2, -0.15) is 0 Å². The summed E-state index contributed by atoms with van der Waals surface area (Å²) in [5.41, 5.74) is 4.82. The summed E-state index contributed by atoms with van der Waals surface area (Å²) >= 11 is 0. The van der Waals surface area contributed by atoms with E-state index in [1.54, 1.807) is 0 Å². The fraction of sp³-hybridized carbons (Fsp3) is 0.500. The van der Waals surface area contributed by atoms with Crippen molar-refractivity contribution in [3.63, 3.8) is 0 Å². The van der Waals surface area contributed by atoms with Crippen LogP contribution in [0.4, 0.5) is 0 Å². The van der Waals surface area contributed by atoms with Crippen molar-refractivity contribution in [1.82, 2.24) is 14.9 Å². The van der Waals surface area contributed by atoms with Crippen molar-refractivity contribution in [3.8, 4) is 0 Å². The standard InChI is InChI=1S/C14H19N3O/c1-10-7-12-13(8-11(10)2)16-14(15-12)9-17-3-5-18-6-4-17/h7-8H,3-6,9H2,1-2H3,(H,15,16). The molecule has 0 aliphatic carbocycles. The lowest BCUT2D eigenvalue weighted by molar-refractivity contribution is 0.0332. The van der Waals surface area contributed by atoms with Crippen molar-refractivity contribution < 1.29 is 4.74 Å². The van der Waals surface area contributed by atoms with Crippen LogP contribution in [-0.2, 0) is 11.3 Å². The zero-order valence-corrected chi connectivity index (χ0v) is 11.0. The number of fused-ring (bicyclic) bond motifs is 1. The van der Waals surface area contributed by atoms with Crippen LogP contribution in [0.2, 0.25) is 0 Å². The average molecular weight is 245 g/mol. The molecule has 0 unspecified atom stereocenters. The van der Waals surface area contributed by atoms with E-state index in [2.05, 4.69) is 40.8 Å². The molecule has 0 saturated carbocycles. The van der Waals surface area contributed by atoms with Crippen LogP contribution in [-0.4, -0.2) is 41.2 Å². The Morgan fingerprint density at radius 3 is 2.72 bits per heavy atom. The van der Waals surface area contributed by atoms with Gasteiger partial charge in [-0.15, -0.1) is 0 Å². The van der Waals surface area contributed by atoms with Crippen molar-refractivity contribution >= 4 is 11.0 Å². The van der Waals surface area contributed by atoms with Crippen LogP contribution in [0.15, 0.2) is 12.1 Å². The molecule has 96 valence electrons. The second-order valence-corrected chi connectivity index (χ2v) is 5.03. The molecular formula is C14H19N3O. The highest BCUT2D eigenvalue weighted by atomic mass is 16.5. The summed E-state index contributed by atoms with van der Waals surface area (Å²) < 4.78 is 5.36. The van der Waals surface area contributed by atoms with Gasteiger partial charge in [0.25, 0.3) is 0 Å². The second-order valence-electron chi connectivity index (χ2n) is 5.03. The molecule has 0 spiro atoms. The third-order valence-corrected chi connectivity index (χ3v) is 3.62. The third-order valence-electron chi connectivity index (χ3n) is 3.62. The molecule has 2 heterocycles. The summed E-state index contributed by atoms with van der Waals surface area (Å²) in [4.78, 5) is 10.5. The molecule has 0 amide bonds. The SMILES string of the molecule is Cc1cc2nc(CN3CCOCC3)[nH]c2cc1C. The van der Waals surface area contributed by atoms with Crippen LogP contribution < -0.4 is 0 Å². The molecule has 4 nitrogen and oxygen atoms in total. The first-order valence-corrected chi connectivity index (χ1v) is 6.48. The van der Waals surface area contributed by atoms with Gasteiger partial charge in [0.05, 0.1) is 30.8 Å². The summed E-state index contributed by atoms with van der Waals surface area (Å²) in [7, 11) is 0. The van der Waals surface area contributed by atoms with E-state index < -0.39 is 0 Å². The Balaban J connectivity index is 1.84. The van der Waals surface area contributed by atoms with Gasteiger partial charge < -0.3 is 9.72 Å². The highest BCUT2D eigenvalue weighted by molar-refractivity contribution is 5.77. The summed E-state index contributed by atoms with van der Waals surface area (Å²) in [6, 6.07) is 4.34. The number of hydrogen-bond donors (Lipinski definition) is 1. The number of rotatable bonds is 2. The Labute approximate surface area is 107 Å². The Hall–Kier alpha value is -1.39. The maximum atomic E-state index is 5.36. The number of benzene rings is 1. The van der Waals surface area contributed by atoms with E-state index in [9.17, 15) is 0 Å². The van der Waals surface area contributed by atoms with E-state index in [-0.39, 0.29) is 0 Å². The number of aryl methyl sites for hydroxylation is 2. The smallest absolute Gasteiger partial charge is 0.121 e. The van der Waals surface area contributed by atoms with Crippen molar-refractivity contribution in [2.75, 3.05) is 26.3 Å². The van der Waals surface area contributed by atoms with Gasteiger partial charge in [-0.1, -0.05) is 0 Å². The number of imidazole rings is 1. The van der Waals surface area contributed by atoms with E-state index in [1.165, 1.54) is 11.1 Å². The minimum Gasteiger partial charge on any atom is -0.379 e. The third kappa shape index (κ3) is 2.26. The number of aromatic amines is 1. The van der Waals surface area contributed by atoms with Crippen molar-refractivity contribution in [1.29, 1.82) is 0 Å². The Bertz CT molecular complexity index is 516. The molecule has 3 rings (SSSR count).